The Morgan fingerprint density at radius 3 is 2.06 bits per heavy atom. The zero-order valence-corrected chi connectivity index (χ0v) is 18.3. The molecule has 0 radical (unpaired) electrons. The fourth-order valence-electron chi connectivity index (χ4n) is 5.32. The smallest absolute Gasteiger partial charge is 0.254 e. The first-order valence-electron chi connectivity index (χ1n) is 11.6. The molecule has 2 saturated heterocycles. The molecule has 0 saturated carbocycles. The number of fused-ring (bicyclic) bond motifs is 1. The first-order chi connectivity index (χ1) is 15.6. The minimum Gasteiger partial charge on any atom is -0.342 e. The summed E-state index contributed by atoms with van der Waals surface area (Å²) >= 11 is 0. The number of carbonyl (C=O) groups is 3. The van der Waals surface area contributed by atoms with Gasteiger partial charge in [0, 0.05) is 55.8 Å². The molecule has 0 bridgehead atoms. The number of hydrogen-bond donors (Lipinski definition) is 0. The Morgan fingerprint density at radius 2 is 1.38 bits per heavy atom. The summed E-state index contributed by atoms with van der Waals surface area (Å²) in [5.74, 6) is 0.379. The molecule has 0 aliphatic carbocycles. The normalized spacial score (nSPS) is 19.9. The fraction of sp³-hybridized carbons (Fsp3) is 0.423. The number of carbonyl (C=O) groups excluding carboxylic acids is 3. The van der Waals surface area contributed by atoms with Gasteiger partial charge in [0.05, 0.1) is 0 Å². The van der Waals surface area contributed by atoms with Crippen molar-refractivity contribution >= 4 is 17.7 Å². The summed E-state index contributed by atoms with van der Waals surface area (Å²) in [7, 11) is 0. The summed E-state index contributed by atoms with van der Waals surface area (Å²) in [6.45, 7) is 3.34. The predicted octanol–water partition coefficient (Wildman–Crippen LogP) is 3.19. The summed E-state index contributed by atoms with van der Waals surface area (Å²) in [5.41, 5.74) is 2.63. The number of benzene rings is 2. The second-order valence-corrected chi connectivity index (χ2v) is 9.08. The van der Waals surface area contributed by atoms with Gasteiger partial charge in [0.15, 0.2) is 0 Å². The minimum absolute atomic E-state index is 0.0101. The van der Waals surface area contributed by atoms with Crippen molar-refractivity contribution in [1.29, 1.82) is 0 Å². The zero-order valence-electron chi connectivity index (χ0n) is 18.3. The van der Waals surface area contributed by atoms with Gasteiger partial charge in [-0.25, -0.2) is 0 Å². The molecule has 166 valence electrons. The summed E-state index contributed by atoms with van der Waals surface area (Å²) < 4.78 is 0. The van der Waals surface area contributed by atoms with E-state index >= 15 is 0 Å². The summed E-state index contributed by atoms with van der Waals surface area (Å²) in [6.07, 6.45) is 3.10. The van der Waals surface area contributed by atoms with Gasteiger partial charge in [0.2, 0.25) is 5.91 Å². The maximum Gasteiger partial charge on any atom is 0.254 e. The Morgan fingerprint density at radius 1 is 0.750 bits per heavy atom. The highest BCUT2D eigenvalue weighted by Crippen LogP contribution is 2.29. The predicted molar refractivity (Wildman–Crippen MR) is 121 cm³/mol. The highest BCUT2D eigenvalue weighted by molar-refractivity contribution is 5.98. The minimum atomic E-state index is -0.0101. The van der Waals surface area contributed by atoms with Crippen molar-refractivity contribution in [2.45, 2.75) is 38.3 Å². The third-order valence-electron chi connectivity index (χ3n) is 7.22. The fourth-order valence-corrected chi connectivity index (χ4v) is 5.32. The molecule has 0 atom stereocenters. The van der Waals surface area contributed by atoms with Gasteiger partial charge in [0.1, 0.15) is 0 Å². The van der Waals surface area contributed by atoms with Gasteiger partial charge >= 0.3 is 0 Å². The van der Waals surface area contributed by atoms with Crippen molar-refractivity contribution in [3.05, 3.63) is 71.3 Å². The maximum atomic E-state index is 13.1. The molecule has 0 N–H and O–H groups in total. The molecule has 3 amide bonds. The molecule has 2 aromatic carbocycles. The number of hydrogen-bond acceptors (Lipinski definition) is 3. The molecular weight excluding hydrogens is 402 g/mol. The first-order valence-corrected chi connectivity index (χ1v) is 11.6. The van der Waals surface area contributed by atoms with E-state index in [1.165, 1.54) is 0 Å². The number of piperidine rings is 2. The average Bonchev–Trinajstić information content (AvgIpc) is 3.20. The van der Waals surface area contributed by atoms with Gasteiger partial charge in [0.25, 0.3) is 11.8 Å². The number of nitrogens with zero attached hydrogens (tertiary/aromatic N) is 3. The SMILES string of the molecule is O=C(c1ccccc1)N1CCC(C(=O)N2CCC(N3Cc4ccccc4C3=O)CC2)CC1. The molecule has 2 fully saturated rings. The van der Waals surface area contributed by atoms with E-state index in [9.17, 15) is 14.4 Å². The lowest BCUT2D eigenvalue weighted by Crippen LogP contribution is -2.50. The molecule has 3 heterocycles. The van der Waals surface area contributed by atoms with Crippen LogP contribution in [0.15, 0.2) is 54.6 Å². The van der Waals surface area contributed by atoms with E-state index in [1.807, 2.05) is 69.3 Å². The molecule has 32 heavy (non-hydrogen) atoms. The van der Waals surface area contributed by atoms with E-state index in [2.05, 4.69) is 0 Å². The molecular formula is C26H29N3O3. The topological polar surface area (TPSA) is 60.9 Å². The van der Waals surface area contributed by atoms with Gasteiger partial charge in [-0.15, -0.1) is 0 Å². The van der Waals surface area contributed by atoms with Crippen LogP contribution in [0.2, 0.25) is 0 Å². The van der Waals surface area contributed by atoms with Crippen LogP contribution in [0, 0.1) is 5.92 Å². The van der Waals surface area contributed by atoms with Gasteiger partial charge in [-0.05, 0) is 49.4 Å². The van der Waals surface area contributed by atoms with Gasteiger partial charge < -0.3 is 14.7 Å². The van der Waals surface area contributed by atoms with E-state index < -0.39 is 0 Å². The largest absolute Gasteiger partial charge is 0.342 e. The molecule has 2 aromatic rings. The van der Waals surface area contributed by atoms with E-state index in [-0.39, 0.29) is 29.7 Å². The maximum absolute atomic E-state index is 13.1. The van der Waals surface area contributed by atoms with Crippen LogP contribution in [0.5, 0.6) is 0 Å². The summed E-state index contributed by atoms with van der Waals surface area (Å²) in [6, 6.07) is 17.4. The quantitative estimate of drug-likeness (QED) is 0.750. The standard InChI is InChI=1S/C26H29N3O3/c30-24(19-6-2-1-3-7-19)27-14-10-20(11-15-27)25(31)28-16-12-22(13-17-28)29-18-21-8-4-5-9-23(21)26(29)32/h1-9,20,22H,10-18H2. The molecule has 5 rings (SSSR count). The van der Waals surface area contributed by atoms with E-state index in [0.717, 1.165) is 36.8 Å². The summed E-state index contributed by atoms with van der Waals surface area (Å²) in [5, 5.41) is 0. The van der Waals surface area contributed by atoms with E-state index in [0.29, 0.717) is 38.3 Å². The third-order valence-corrected chi connectivity index (χ3v) is 7.22. The number of amides is 3. The highest BCUT2D eigenvalue weighted by atomic mass is 16.2. The van der Waals surface area contributed by atoms with Crippen LogP contribution in [0.4, 0.5) is 0 Å². The van der Waals surface area contributed by atoms with Crippen LogP contribution in [0.25, 0.3) is 0 Å². The first kappa shape index (κ1) is 20.7. The lowest BCUT2D eigenvalue weighted by molar-refractivity contribution is -0.138. The average molecular weight is 432 g/mol. The van der Waals surface area contributed by atoms with Crippen molar-refractivity contribution < 1.29 is 14.4 Å². The van der Waals surface area contributed by atoms with Crippen molar-refractivity contribution in [2.75, 3.05) is 26.2 Å². The van der Waals surface area contributed by atoms with Crippen LogP contribution in [-0.4, -0.2) is 64.6 Å². The molecule has 6 heteroatoms. The zero-order chi connectivity index (χ0) is 22.1. The van der Waals surface area contributed by atoms with Crippen LogP contribution in [0.1, 0.15) is 52.0 Å². The Balaban J connectivity index is 1.12. The van der Waals surface area contributed by atoms with Crippen LogP contribution in [0.3, 0.4) is 0 Å². The third kappa shape index (κ3) is 3.90. The Kier molecular flexibility index (Phi) is 5.68. The molecule has 0 unspecified atom stereocenters. The van der Waals surface area contributed by atoms with Gasteiger partial charge in [-0.2, -0.15) is 0 Å². The van der Waals surface area contributed by atoms with Crippen molar-refractivity contribution in [3.63, 3.8) is 0 Å². The Hall–Kier alpha value is -3.15. The van der Waals surface area contributed by atoms with Crippen molar-refractivity contribution in [3.8, 4) is 0 Å². The monoisotopic (exact) mass is 431 g/mol. The van der Waals surface area contributed by atoms with Crippen LogP contribution < -0.4 is 0 Å². The van der Waals surface area contributed by atoms with Crippen LogP contribution >= 0.6 is 0 Å². The van der Waals surface area contributed by atoms with Gasteiger partial charge in [-0.3, -0.25) is 14.4 Å². The molecule has 0 aromatic heterocycles. The lowest BCUT2D eigenvalue weighted by atomic mass is 9.93. The van der Waals surface area contributed by atoms with Crippen LogP contribution in [-0.2, 0) is 11.3 Å². The van der Waals surface area contributed by atoms with Crippen molar-refractivity contribution in [2.24, 2.45) is 5.92 Å². The molecule has 3 aliphatic rings. The second kappa shape index (κ2) is 8.77. The molecule has 0 spiro atoms. The Labute approximate surface area is 188 Å². The van der Waals surface area contributed by atoms with E-state index in [4.69, 9.17) is 0 Å². The van der Waals surface area contributed by atoms with Gasteiger partial charge in [-0.1, -0.05) is 36.4 Å². The second-order valence-electron chi connectivity index (χ2n) is 9.08. The Bertz CT molecular complexity index is 1010. The number of likely N-dealkylation sites (tertiary alicyclic amines) is 2. The highest BCUT2D eigenvalue weighted by Gasteiger charge is 2.37. The molecule has 6 nitrogen and oxygen atoms in total. The lowest BCUT2D eigenvalue weighted by Gasteiger charge is -2.39. The number of rotatable bonds is 3. The molecule has 3 aliphatic heterocycles. The van der Waals surface area contributed by atoms with E-state index in [1.54, 1.807) is 0 Å². The summed E-state index contributed by atoms with van der Waals surface area (Å²) in [4.78, 5) is 44.3. The van der Waals surface area contributed by atoms with Crippen molar-refractivity contribution in [1.82, 2.24) is 14.7 Å².